The van der Waals surface area contributed by atoms with Gasteiger partial charge in [0.1, 0.15) is 11.6 Å². The molecule has 0 heterocycles. The second kappa shape index (κ2) is 7.26. The summed E-state index contributed by atoms with van der Waals surface area (Å²) in [7, 11) is 0. The van der Waals surface area contributed by atoms with Gasteiger partial charge in [-0.15, -0.1) is 0 Å². The number of nitrogens with one attached hydrogen (secondary N) is 1. The fraction of sp³-hybridized carbons (Fsp3) is 0.308. The van der Waals surface area contributed by atoms with Crippen LogP contribution in [0.15, 0.2) is 18.2 Å². The molecule has 0 radical (unpaired) electrons. The molecular formula is C13H13Cl2NO3. The maximum absolute atomic E-state index is 11.6. The van der Waals surface area contributed by atoms with Crippen molar-refractivity contribution in [3.8, 4) is 0 Å². The van der Waals surface area contributed by atoms with Gasteiger partial charge in [-0.25, -0.2) is 0 Å². The lowest BCUT2D eigenvalue weighted by Gasteiger charge is -2.07. The van der Waals surface area contributed by atoms with Crippen LogP contribution in [0.25, 0.3) is 0 Å². The van der Waals surface area contributed by atoms with Gasteiger partial charge in [0, 0.05) is 17.9 Å². The normalized spacial score (nSPS) is 10.1. The molecule has 1 aromatic rings. The molecule has 0 aliphatic carbocycles. The minimum atomic E-state index is -0.346. The van der Waals surface area contributed by atoms with Crippen LogP contribution in [0.4, 0.5) is 5.69 Å². The van der Waals surface area contributed by atoms with Gasteiger partial charge in [0.05, 0.1) is 17.1 Å². The first-order valence-corrected chi connectivity index (χ1v) is 6.40. The van der Waals surface area contributed by atoms with Crippen molar-refractivity contribution in [1.29, 1.82) is 0 Å². The highest BCUT2D eigenvalue weighted by molar-refractivity contribution is 6.35. The number of halogens is 2. The highest BCUT2D eigenvalue weighted by Crippen LogP contribution is 2.25. The Morgan fingerprint density at radius 3 is 2.47 bits per heavy atom. The van der Waals surface area contributed by atoms with E-state index in [1.165, 1.54) is 13.0 Å². The molecule has 0 saturated carbocycles. The average Bonchev–Trinajstić information content (AvgIpc) is 2.30. The third-order valence-corrected chi connectivity index (χ3v) is 2.84. The fourth-order valence-corrected chi connectivity index (χ4v) is 1.76. The number of carbonyl (C=O) groups excluding carboxylic acids is 3. The number of hydrogen-bond acceptors (Lipinski definition) is 3. The highest BCUT2D eigenvalue weighted by Gasteiger charge is 2.10. The molecule has 0 unspecified atom stereocenters. The first-order chi connectivity index (χ1) is 8.88. The van der Waals surface area contributed by atoms with E-state index in [-0.39, 0.29) is 36.7 Å². The van der Waals surface area contributed by atoms with Crippen LogP contribution in [0.2, 0.25) is 10.0 Å². The van der Waals surface area contributed by atoms with Gasteiger partial charge >= 0.3 is 0 Å². The molecule has 19 heavy (non-hydrogen) atoms. The summed E-state index contributed by atoms with van der Waals surface area (Å²) in [6.07, 6.45) is -0.0935. The van der Waals surface area contributed by atoms with Gasteiger partial charge in [0.25, 0.3) is 0 Å². The third kappa shape index (κ3) is 5.85. The lowest BCUT2D eigenvalue weighted by molar-refractivity contribution is -0.127. The van der Waals surface area contributed by atoms with Crippen molar-refractivity contribution in [2.75, 3.05) is 5.32 Å². The second-order valence-electron chi connectivity index (χ2n) is 4.09. The van der Waals surface area contributed by atoms with Crippen molar-refractivity contribution >= 4 is 46.4 Å². The Kier molecular flexibility index (Phi) is 5.99. The quantitative estimate of drug-likeness (QED) is 0.820. The standard InChI is InChI=1S/C13H13Cl2NO3/c1-8(17)6-10(18)3-5-13(19)16-12-7-9(14)2-4-11(12)15/h2,4,7H,3,5-6H2,1H3,(H,16,19). The highest BCUT2D eigenvalue weighted by atomic mass is 35.5. The van der Waals surface area contributed by atoms with E-state index in [0.29, 0.717) is 15.7 Å². The average molecular weight is 302 g/mol. The Hall–Kier alpha value is -1.39. The molecule has 1 N–H and O–H groups in total. The number of carbonyl (C=O) groups is 3. The molecule has 1 amide bonds. The fourth-order valence-electron chi connectivity index (χ4n) is 1.42. The Labute approximate surface area is 121 Å². The summed E-state index contributed by atoms with van der Waals surface area (Å²) in [5.41, 5.74) is 0.401. The van der Waals surface area contributed by atoms with Gasteiger partial charge in [-0.1, -0.05) is 23.2 Å². The zero-order chi connectivity index (χ0) is 14.4. The Balaban J connectivity index is 2.49. The molecule has 0 atom stereocenters. The summed E-state index contributed by atoms with van der Waals surface area (Å²) < 4.78 is 0. The minimum Gasteiger partial charge on any atom is -0.325 e. The molecule has 0 fully saturated rings. The van der Waals surface area contributed by atoms with E-state index >= 15 is 0 Å². The largest absolute Gasteiger partial charge is 0.325 e. The van der Waals surface area contributed by atoms with E-state index in [4.69, 9.17) is 23.2 Å². The molecule has 0 aliphatic heterocycles. The molecule has 1 rings (SSSR count). The van der Waals surface area contributed by atoms with E-state index in [9.17, 15) is 14.4 Å². The molecule has 6 heteroatoms. The van der Waals surface area contributed by atoms with Crippen LogP contribution < -0.4 is 5.32 Å². The van der Waals surface area contributed by atoms with Crippen LogP contribution in [-0.2, 0) is 14.4 Å². The number of rotatable bonds is 6. The van der Waals surface area contributed by atoms with Crippen LogP contribution in [0.1, 0.15) is 26.2 Å². The van der Waals surface area contributed by atoms with Gasteiger partial charge in [-0.05, 0) is 25.1 Å². The third-order valence-electron chi connectivity index (χ3n) is 2.28. The number of benzene rings is 1. The van der Waals surface area contributed by atoms with Crippen molar-refractivity contribution in [2.24, 2.45) is 0 Å². The Bertz CT molecular complexity index is 515. The van der Waals surface area contributed by atoms with Crippen molar-refractivity contribution in [3.63, 3.8) is 0 Å². The van der Waals surface area contributed by atoms with Gasteiger partial charge in [0.15, 0.2) is 0 Å². The van der Waals surface area contributed by atoms with Gasteiger partial charge in [-0.2, -0.15) is 0 Å². The molecule has 0 aromatic heterocycles. The topological polar surface area (TPSA) is 63.2 Å². The second-order valence-corrected chi connectivity index (χ2v) is 4.93. The summed E-state index contributed by atoms with van der Waals surface area (Å²) in [4.78, 5) is 33.6. The zero-order valence-electron chi connectivity index (χ0n) is 10.3. The number of amides is 1. The monoisotopic (exact) mass is 301 g/mol. The van der Waals surface area contributed by atoms with E-state index in [0.717, 1.165) is 0 Å². The molecule has 4 nitrogen and oxygen atoms in total. The molecular weight excluding hydrogens is 289 g/mol. The lowest BCUT2D eigenvalue weighted by atomic mass is 10.1. The first kappa shape index (κ1) is 15.7. The summed E-state index contributed by atoms with van der Waals surface area (Å²) in [6, 6.07) is 4.70. The number of hydrogen-bond donors (Lipinski definition) is 1. The van der Waals surface area contributed by atoms with E-state index in [1.54, 1.807) is 12.1 Å². The van der Waals surface area contributed by atoms with Gasteiger partial charge in [0.2, 0.25) is 5.91 Å². The van der Waals surface area contributed by atoms with Crippen molar-refractivity contribution in [1.82, 2.24) is 0 Å². The summed E-state index contributed by atoms with van der Waals surface area (Å²) in [5, 5.41) is 3.39. The Morgan fingerprint density at radius 1 is 1.16 bits per heavy atom. The van der Waals surface area contributed by atoms with E-state index < -0.39 is 0 Å². The van der Waals surface area contributed by atoms with Crippen LogP contribution in [-0.4, -0.2) is 17.5 Å². The molecule has 0 bridgehead atoms. The van der Waals surface area contributed by atoms with Crippen LogP contribution in [0.5, 0.6) is 0 Å². The maximum atomic E-state index is 11.6. The zero-order valence-corrected chi connectivity index (χ0v) is 11.8. The number of anilines is 1. The predicted molar refractivity (Wildman–Crippen MR) is 74.6 cm³/mol. The molecule has 102 valence electrons. The molecule has 0 saturated heterocycles. The predicted octanol–water partition coefficient (Wildman–Crippen LogP) is 3.26. The number of ketones is 2. The van der Waals surface area contributed by atoms with E-state index in [1.807, 2.05) is 0 Å². The number of Topliss-reactive ketones (excluding diaryl/α,β-unsaturated/α-hetero) is 2. The van der Waals surface area contributed by atoms with Crippen LogP contribution in [0.3, 0.4) is 0 Å². The minimum absolute atomic E-state index is 0.00888. The summed E-state index contributed by atoms with van der Waals surface area (Å²) in [5.74, 6) is -0.802. The van der Waals surface area contributed by atoms with Crippen LogP contribution in [0, 0.1) is 0 Å². The molecule has 1 aromatic carbocycles. The van der Waals surface area contributed by atoms with Crippen LogP contribution >= 0.6 is 23.2 Å². The van der Waals surface area contributed by atoms with Crippen molar-refractivity contribution < 1.29 is 14.4 Å². The maximum Gasteiger partial charge on any atom is 0.224 e. The SMILES string of the molecule is CC(=O)CC(=O)CCC(=O)Nc1cc(Cl)ccc1Cl. The van der Waals surface area contributed by atoms with Gasteiger partial charge in [-0.3, -0.25) is 14.4 Å². The smallest absolute Gasteiger partial charge is 0.224 e. The summed E-state index contributed by atoms with van der Waals surface area (Å²) in [6.45, 7) is 1.34. The first-order valence-electron chi connectivity index (χ1n) is 5.64. The summed E-state index contributed by atoms with van der Waals surface area (Å²) >= 11 is 11.7. The Morgan fingerprint density at radius 2 is 1.84 bits per heavy atom. The van der Waals surface area contributed by atoms with E-state index in [2.05, 4.69) is 5.32 Å². The lowest BCUT2D eigenvalue weighted by Crippen LogP contribution is -2.14. The van der Waals surface area contributed by atoms with Gasteiger partial charge < -0.3 is 5.32 Å². The molecule has 0 aliphatic rings. The van der Waals surface area contributed by atoms with Crippen molar-refractivity contribution in [3.05, 3.63) is 28.2 Å². The molecule has 0 spiro atoms. The van der Waals surface area contributed by atoms with Crippen molar-refractivity contribution in [2.45, 2.75) is 26.2 Å².